The summed E-state index contributed by atoms with van der Waals surface area (Å²) >= 11 is 0. The Morgan fingerprint density at radius 1 is 1.17 bits per heavy atom. The largest absolute Gasteiger partial charge is 0.345 e. The molecule has 0 spiro atoms. The van der Waals surface area contributed by atoms with E-state index in [1.54, 1.807) is 6.07 Å². The van der Waals surface area contributed by atoms with Crippen LogP contribution in [0.25, 0.3) is 21.9 Å². The first-order valence-electron chi connectivity index (χ1n) is 10.1. The van der Waals surface area contributed by atoms with Crippen LogP contribution in [0.4, 0.5) is 0 Å². The summed E-state index contributed by atoms with van der Waals surface area (Å²) in [6.07, 6.45) is 2.17. The van der Waals surface area contributed by atoms with Crippen molar-refractivity contribution in [3.63, 3.8) is 0 Å². The number of H-pyrrole nitrogens is 1. The van der Waals surface area contributed by atoms with E-state index in [9.17, 15) is 9.59 Å². The Bertz CT molecular complexity index is 1240. The van der Waals surface area contributed by atoms with Crippen molar-refractivity contribution in [3.05, 3.63) is 70.5 Å². The second-order valence-corrected chi connectivity index (χ2v) is 8.04. The highest BCUT2D eigenvalue weighted by atomic mass is 16.2. The zero-order chi connectivity index (χ0) is 21.3. The molecular weight excluding hydrogens is 378 g/mol. The van der Waals surface area contributed by atoms with Crippen molar-refractivity contribution in [3.8, 4) is 0 Å². The van der Waals surface area contributed by atoms with Gasteiger partial charge in [0.05, 0.1) is 34.3 Å². The molecule has 0 saturated carbocycles. The number of nitrogens with one attached hydrogen (secondary N) is 2. The number of hydrogen-bond acceptors (Lipinski definition) is 4. The second-order valence-electron chi connectivity index (χ2n) is 8.04. The number of amides is 1. The summed E-state index contributed by atoms with van der Waals surface area (Å²) in [5.41, 5.74) is 3.17. The van der Waals surface area contributed by atoms with E-state index in [-0.39, 0.29) is 24.1 Å². The molecule has 2 aromatic heterocycles. The van der Waals surface area contributed by atoms with Crippen LogP contribution in [0, 0.1) is 12.8 Å². The molecule has 0 saturated heterocycles. The molecule has 4 rings (SSSR count). The van der Waals surface area contributed by atoms with Crippen molar-refractivity contribution in [2.24, 2.45) is 5.92 Å². The number of aromatic amines is 1. The maximum Gasteiger partial charge on any atom is 0.261 e. The Balaban J connectivity index is 1.58. The van der Waals surface area contributed by atoms with Gasteiger partial charge < -0.3 is 10.3 Å². The quantitative estimate of drug-likeness (QED) is 0.515. The molecule has 0 aliphatic heterocycles. The van der Waals surface area contributed by atoms with Crippen LogP contribution in [0.3, 0.4) is 0 Å². The standard InChI is InChI=1S/C23H25N5O2/c1-14(2)11-19(22-26-17-9-4-5-10-18(17)27-22)25-20(29)12-28-13-24-21-15(3)7-6-8-16(21)23(28)30/h4-10,13-14,19H,11-12H2,1-3H3,(H,25,29)(H,26,27)/t19-/m1/s1. The third-order valence-electron chi connectivity index (χ3n) is 5.15. The number of aryl methyl sites for hydroxylation is 1. The zero-order valence-electron chi connectivity index (χ0n) is 17.3. The highest BCUT2D eigenvalue weighted by Gasteiger charge is 2.20. The molecule has 0 bridgehead atoms. The molecular formula is C23H25N5O2. The Morgan fingerprint density at radius 2 is 1.97 bits per heavy atom. The Kier molecular flexibility index (Phi) is 5.35. The fourth-order valence-electron chi connectivity index (χ4n) is 3.69. The van der Waals surface area contributed by atoms with E-state index >= 15 is 0 Å². The molecule has 30 heavy (non-hydrogen) atoms. The second kappa shape index (κ2) is 8.10. The number of hydrogen-bond donors (Lipinski definition) is 2. The van der Waals surface area contributed by atoms with Crippen molar-refractivity contribution in [1.29, 1.82) is 0 Å². The molecule has 0 fully saturated rings. The minimum Gasteiger partial charge on any atom is -0.345 e. The maximum absolute atomic E-state index is 12.8. The fourth-order valence-corrected chi connectivity index (χ4v) is 3.69. The van der Waals surface area contributed by atoms with Crippen molar-refractivity contribution in [2.45, 2.75) is 39.8 Å². The minimum absolute atomic E-state index is 0.0927. The zero-order valence-corrected chi connectivity index (χ0v) is 17.3. The average Bonchev–Trinajstić information content (AvgIpc) is 3.14. The van der Waals surface area contributed by atoms with E-state index in [1.165, 1.54) is 10.9 Å². The van der Waals surface area contributed by atoms with E-state index in [0.717, 1.165) is 28.8 Å². The van der Waals surface area contributed by atoms with Gasteiger partial charge in [-0.25, -0.2) is 9.97 Å². The maximum atomic E-state index is 12.8. The van der Waals surface area contributed by atoms with Crippen LogP contribution in [-0.2, 0) is 11.3 Å². The molecule has 1 amide bonds. The van der Waals surface area contributed by atoms with E-state index < -0.39 is 0 Å². The summed E-state index contributed by atoms with van der Waals surface area (Å²) in [4.78, 5) is 37.9. The summed E-state index contributed by atoms with van der Waals surface area (Å²) < 4.78 is 1.35. The number of benzene rings is 2. The van der Waals surface area contributed by atoms with Gasteiger partial charge in [-0.15, -0.1) is 0 Å². The topological polar surface area (TPSA) is 92.7 Å². The molecule has 0 radical (unpaired) electrons. The van der Waals surface area contributed by atoms with Gasteiger partial charge in [-0.2, -0.15) is 0 Å². The van der Waals surface area contributed by atoms with Crippen molar-refractivity contribution < 1.29 is 4.79 Å². The van der Waals surface area contributed by atoms with Crippen LogP contribution < -0.4 is 10.9 Å². The van der Waals surface area contributed by atoms with Crippen LogP contribution in [0.5, 0.6) is 0 Å². The Hall–Kier alpha value is -3.48. The van der Waals surface area contributed by atoms with Gasteiger partial charge in [0.1, 0.15) is 12.4 Å². The van der Waals surface area contributed by atoms with Gasteiger partial charge in [-0.3, -0.25) is 14.2 Å². The molecule has 4 aromatic rings. The van der Waals surface area contributed by atoms with Crippen molar-refractivity contribution in [2.75, 3.05) is 0 Å². The highest BCUT2D eigenvalue weighted by molar-refractivity contribution is 5.81. The van der Waals surface area contributed by atoms with E-state index in [0.29, 0.717) is 16.8 Å². The number of carbonyl (C=O) groups is 1. The summed E-state index contributed by atoms with van der Waals surface area (Å²) in [6.45, 7) is 6.02. The minimum atomic E-state index is -0.267. The summed E-state index contributed by atoms with van der Waals surface area (Å²) in [5, 5.41) is 3.56. The number of nitrogens with zero attached hydrogens (tertiary/aromatic N) is 3. The molecule has 0 aliphatic rings. The van der Waals surface area contributed by atoms with E-state index in [4.69, 9.17) is 0 Å². The predicted molar refractivity (Wildman–Crippen MR) is 117 cm³/mol. The normalized spacial score (nSPS) is 12.5. The number of aromatic nitrogens is 4. The van der Waals surface area contributed by atoms with Crippen molar-refractivity contribution >= 4 is 27.8 Å². The van der Waals surface area contributed by atoms with Crippen LogP contribution in [0.15, 0.2) is 53.6 Å². The van der Waals surface area contributed by atoms with Gasteiger partial charge in [-0.05, 0) is 43.0 Å². The average molecular weight is 403 g/mol. The van der Waals surface area contributed by atoms with E-state index in [1.807, 2.05) is 43.3 Å². The van der Waals surface area contributed by atoms with Gasteiger partial charge in [0.25, 0.3) is 5.56 Å². The van der Waals surface area contributed by atoms with Gasteiger partial charge >= 0.3 is 0 Å². The molecule has 7 nitrogen and oxygen atoms in total. The lowest BCUT2D eigenvalue weighted by Crippen LogP contribution is -2.35. The molecule has 2 N–H and O–H groups in total. The first-order chi connectivity index (χ1) is 14.4. The van der Waals surface area contributed by atoms with Gasteiger partial charge in [-0.1, -0.05) is 38.1 Å². The van der Waals surface area contributed by atoms with Crippen LogP contribution in [0.1, 0.15) is 37.7 Å². The third kappa shape index (κ3) is 3.96. The number of carbonyl (C=O) groups excluding carboxylic acids is 1. The molecule has 0 unspecified atom stereocenters. The molecule has 2 heterocycles. The molecule has 2 aromatic carbocycles. The number of fused-ring (bicyclic) bond motifs is 2. The fraction of sp³-hybridized carbons (Fsp3) is 0.304. The van der Waals surface area contributed by atoms with Crippen LogP contribution in [0.2, 0.25) is 0 Å². The number of para-hydroxylation sites is 3. The molecule has 1 atom stereocenters. The molecule has 0 aliphatic carbocycles. The monoisotopic (exact) mass is 403 g/mol. The lowest BCUT2D eigenvalue weighted by atomic mass is 10.0. The van der Waals surface area contributed by atoms with Crippen molar-refractivity contribution in [1.82, 2.24) is 24.8 Å². The van der Waals surface area contributed by atoms with Gasteiger partial charge in [0, 0.05) is 0 Å². The Labute approximate surface area is 174 Å². The van der Waals surface area contributed by atoms with Gasteiger partial charge in [0.2, 0.25) is 5.91 Å². The summed E-state index contributed by atoms with van der Waals surface area (Å²) in [7, 11) is 0. The van der Waals surface area contributed by atoms with Crippen LogP contribution >= 0.6 is 0 Å². The number of rotatable bonds is 6. The highest BCUT2D eigenvalue weighted by Crippen LogP contribution is 2.22. The van der Waals surface area contributed by atoms with E-state index in [2.05, 4.69) is 34.1 Å². The molecule has 154 valence electrons. The van der Waals surface area contributed by atoms with Crippen LogP contribution in [-0.4, -0.2) is 25.4 Å². The lowest BCUT2D eigenvalue weighted by molar-refractivity contribution is -0.122. The summed E-state index contributed by atoms with van der Waals surface area (Å²) in [5.74, 6) is 0.825. The number of imidazole rings is 1. The Morgan fingerprint density at radius 3 is 2.73 bits per heavy atom. The molecule has 7 heteroatoms. The predicted octanol–water partition coefficient (Wildman–Crippen LogP) is 3.48. The van der Waals surface area contributed by atoms with Gasteiger partial charge in [0.15, 0.2) is 0 Å². The first kappa shape index (κ1) is 19.8. The first-order valence-corrected chi connectivity index (χ1v) is 10.1. The summed E-state index contributed by atoms with van der Waals surface area (Å²) in [6, 6.07) is 13.0. The third-order valence-corrected chi connectivity index (χ3v) is 5.15. The lowest BCUT2D eigenvalue weighted by Gasteiger charge is -2.19. The SMILES string of the molecule is Cc1cccc2c(=O)n(CC(=O)N[C@H](CC(C)C)c3nc4ccccc4[nH]3)cnc12. The smallest absolute Gasteiger partial charge is 0.261 e.